The van der Waals surface area contributed by atoms with E-state index in [2.05, 4.69) is 25.4 Å². The number of nitrogens with zero attached hydrogens (tertiary/aromatic N) is 4. The number of likely N-dealkylation sites (tertiary alicyclic amines) is 1. The standard InChI is InChI=1S/C15H17F2N5O3/c1-24-11-4-2-3-10(12(11)25-15(16)17)14(23)22-7-5-9(6-8-22)13-18-20-21-19-13/h2-4,9,15H,5-8H2,1H3,(H,18,19,20,21). The van der Waals surface area contributed by atoms with Gasteiger partial charge < -0.3 is 14.4 Å². The highest BCUT2D eigenvalue weighted by Crippen LogP contribution is 2.34. The summed E-state index contributed by atoms with van der Waals surface area (Å²) in [5.41, 5.74) is 0.0534. The molecular weight excluding hydrogens is 336 g/mol. The summed E-state index contributed by atoms with van der Waals surface area (Å²) in [6.45, 7) is -2.13. The Hall–Kier alpha value is -2.78. The Morgan fingerprint density at radius 1 is 1.36 bits per heavy atom. The third-order valence-corrected chi connectivity index (χ3v) is 4.15. The number of alkyl halides is 2. The highest BCUT2D eigenvalue weighted by molar-refractivity contribution is 5.97. The zero-order valence-corrected chi connectivity index (χ0v) is 13.5. The van der Waals surface area contributed by atoms with Crippen molar-refractivity contribution in [1.82, 2.24) is 25.5 Å². The molecule has 0 atom stereocenters. The van der Waals surface area contributed by atoms with E-state index in [-0.39, 0.29) is 28.9 Å². The van der Waals surface area contributed by atoms with Crippen molar-refractivity contribution in [3.05, 3.63) is 29.6 Å². The monoisotopic (exact) mass is 353 g/mol. The number of para-hydroxylation sites is 1. The first-order valence-electron chi connectivity index (χ1n) is 7.74. The van der Waals surface area contributed by atoms with Crippen LogP contribution in [0.2, 0.25) is 0 Å². The van der Waals surface area contributed by atoms with Gasteiger partial charge in [-0.25, -0.2) is 0 Å². The van der Waals surface area contributed by atoms with Crippen LogP contribution in [0.1, 0.15) is 34.9 Å². The van der Waals surface area contributed by atoms with E-state index in [0.29, 0.717) is 31.8 Å². The second kappa shape index (κ2) is 7.41. The average Bonchev–Trinajstić information content (AvgIpc) is 3.15. The summed E-state index contributed by atoms with van der Waals surface area (Å²) in [4.78, 5) is 14.4. The third-order valence-electron chi connectivity index (χ3n) is 4.15. The minimum atomic E-state index is -3.05. The lowest BCUT2D eigenvalue weighted by molar-refractivity contribution is -0.0516. The van der Waals surface area contributed by atoms with Gasteiger partial charge in [0.15, 0.2) is 17.3 Å². The summed E-state index contributed by atoms with van der Waals surface area (Å²) in [6, 6.07) is 4.49. The Bertz CT molecular complexity index is 718. The van der Waals surface area contributed by atoms with Gasteiger partial charge in [-0.1, -0.05) is 11.3 Å². The molecule has 2 heterocycles. The Morgan fingerprint density at radius 3 is 2.72 bits per heavy atom. The third kappa shape index (κ3) is 3.67. The number of hydrogen-bond donors (Lipinski definition) is 1. The number of tetrazole rings is 1. The molecule has 1 aromatic heterocycles. The van der Waals surface area contributed by atoms with Crippen LogP contribution in [0.25, 0.3) is 0 Å². The van der Waals surface area contributed by atoms with E-state index in [1.165, 1.54) is 19.2 Å². The van der Waals surface area contributed by atoms with Crippen molar-refractivity contribution in [1.29, 1.82) is 0 Å². The lowest BCUT2D eigenvalue weighted by atomic mass is 9.95. The van der Waals surface area contributed by atoms with Gasteiger partial charge in [0, 0.05) is 19.0 Å². The van der Waals surface area contributed by atoms with Crippen LogP contribution in [0.15, 0.2) is 18.2 Å². The SMILES string of the molecule is COc1cccc(C(=O)N2CCC(c3nn[nH]n3)CC2)c1OC(F)F. The summed E-state index contributed by atoms with van der Waals surface area (Å²) in [5, 5.41) is 13.9. The van der Waals surface area contributed by atoms with Crippen molar-refractivity contribution in [3.8, 4) is 11.5 Å². The van der Waals surface area contributed by atoms with Gasteiger partial charge in [-0.3, -0.25) is 4.79 Å². The number of carbonyl (C=O) groups excluding carboxylic acids is 1. The first-order valence-corrected chi connectivity index (χ1v) is 7.74. The summed E-state index contributed by atoms with van der Waals surface area (Å²) in [7, 11) is 1.33. The van der Waals surface area contributed by atoms with Crippen molar-refractivity contribution < 1.29 is 23.0 Å². The van der Waals surface area contributed by atoms with E-state index < -0.39 is 6.61 Å². The van der Waals surface area contributed by atoms with Crippen LogP contribution in [0, 0.1) is 0 Å². The van der Waals surface area contributed by atoms with Gasteiger partial charge in [0.25, 0.3) is 5.91 Å². The lowest BCUT2D eigenvalue weighted by Crippen LogP contribution is -2.38. The van der Waals surface area contributed by atoms with Crippen molar-refractivity contribution in [2.24, 2.45) is 0 Å². The van der Waals surface area contributed by atoms with Gasteiger partial charge in [0.2, 0.25) is 0 Å². The minimum Gasteiger partial charge on any atom is -0.493 e. The number of rotatable bonds is 5. The molecule has 134 valence electrons. The number of hydrogen-bond acceptors (Lipinski definition) is 6. The number of methoxy groups -OCH3 is 1. The molecule has 0 aliphatic carbocycles. The van der Waals surface area contributed by atoms with E-state index in [4.69, 9.17) is 4.74 Å². The molecule has 1 aromatic carbocycles. The molecule has 1 N–H and O–H groups in total. The van der Waals surface area contributed by atoms with Crippen LogP contribution in [0.3, 0.4) is 0 Å². The summed E-state index contributed by atoms with van der Waals surface area (Å²) in [5.74, 6) is 0.208. The summed E-state index contributed by atoms with van der Waals surface area (Å²) in [6.07, 6.45) is 1.33. The maximum Gasteiger partial charge on any atom is 0.387 e. The maximum atomic E-state index is 12.8. The number of aromatic nitrogens is 4. The van der Waals surface area contributed by atoms with E-state index >= 15 is 0 Å². The molecule has 3 rings (SSSR count). The molecule has 8 nitrogen and oxygen atoms in total. The Labute approximate surface area is 142 Å². The molecule has 1 aliphatic heterocycles. The molecule has 1 amide bonds. The number of ether oxygens (including phenoxy) is 2. The number of piperidine rings is 1. The fourth-order valence-electron chi connectivity index (χ4n) is 2.91. The number of H-pyrrole nitrogens is 1. The predicted octanol–water partition coefficient (Wildman–Crippen LogP) is 1.83. The normalized spacial score (nSPS) is 15.4. The van der Waals surface area contributed by atoms with Crippen LogP contribution >= 0.6 is 0 Å². The summed E-state index contributed by atoms with van der Waals surface area (Å²) >= 11 is 0. The molecule has 0 radical (unpaired) electrons. The fourth-order valence-corrected chi connectivity index (χ4v) is 2.91. The summed E-state index contributed by atoms with van der Waals surface area (Å²) < 4.78 is 35.0. The Balaban J connectivity index is 1.75. The predicted molar refractivity (Wildman–Crippen MR) is 81.7 cm³/mol. The maximum absolute atomic E-state index is 12.8. The van der Waals surface area contributed by atoms with Crippen molar-refractivity contribution >= 4 is 5.91 Å². The molecule has 2 aromatic rings. The first kappa shape index (κ1) is 17.1. The molecule has 25 heavy (non-hydrogen) atoms. The topological polar surface area (TPSA) is 93.2 Å². The van der Waals surface area contributed by atoms with Crippen molar-refractivity contribution in [3.63, 3.8) is 0 Å². The van der Waals surface area contributed by atoms with Crippen molar-refractivity contribution in [2.75, 3.05) is 20.2 Å². The molecule has 1 fully saturated rings. The van der Waals surface area contributed by atoms with Gasteiger partial charge in [-0.05, 0) is 25.0 Å². The molecule has 0 bridgehead atoms. The first-order chi connectivity index (χ1) is 12.1. The van der Waals surface area contributed by atoms with Gasteiger partial charge in [-0.15, -0.1) is 10.2 Å². The molecule has 10 heteroatoms. The number of halogens is 2. The van der Waals surface area contributed by atoms with E-state index in [1.54, 1.807) is 11.0 Å². The Morgan fingerprint density at radius 2 is 2.12 bits per heavy atom. The lowest BCUT2D eigenvalue weighted by Gasteiger charge is -2.31. The van der Waals surface area contributed by atoms with Crippen LogP contribution in [-0.4, -0.2) is 58.2 Å². The zero-order valence-electron chi connectivity index (χ0n) is 13.5. The quantitative estimate of drug-likeness (QED) is 0.881. The van der Waals surface area contributed by atoms with Gasteiger partial charge in [0.05, 0.1) is 12.7 Å². The van der Waals surface area contributed by atoms with Crippen LogP contribution in [0.5, 0.6) is 11.5 Å². The fraction of sp³-hybridized carbons (Fsp3) is 0.467. The largest absolute Gasteiger partial charge is 0.493 e. The molecule has 0 spiro atoms. The highest BCUT2D eigenvalue weighted by atomic mass is 19.3. The molecule has 1 saturated heterocycles. The van der Waals surface area contributed by atoms with Crippen LogP contribution in [-0.2, 0) is 0 Å². The smallest absolute Gasteiger partial charge is 0.387 e. The molecule has 0 unspecified atom stereocenters. The second-order valence-corrected chi connectivity index (χ2v) is 5.55. The highest BCUT2D eigenvalue weighted by Gasteiger charge is 2.29. The van der Waals surface area contributed by atoms with Crippen molar-refractivity contribution in [2.45, 2.75) is 25.4 Å². The average molecular weight is 353 g/mol. The number of amides is 1. The van der Waals surface area contributed by atoms with E-state index in [9.17, 15) is 13.6 Å². The molecular formula is C15H17F2N5O3. The number of aromatic amines is 1. The zero-order chi connectivity index (χ0) is 17.8. The van der Waals surface area contributed by atoms with Crippen LogP contribution < -0.4 is 9.47 Å². The van der Waals surface area contributed by atoms with E-state index in [1.807, 2.05) is 0 Å². The number of carbonyl (C=O) groups is 1. The van der Waals surface area contributed by atoms with E-state index in [0.717, 1.165) is 0 Å². The number of nitrogens with one attached hydrogen (secondary N) is 1. The Kier molecular flexibility index (Phi) is 5.05. The van der Waals surface area contributed by atoms with Gasteiger partial charge >= 0.3 is 6.61 Å². The van der Waals surface area contributed by atoms with Gasteiger partial charge in [0.1, 0.15) is 0 Å². The second-order valence-electron chi connectivity index (χ2n) is 5.55. The van der Waals surface area contributed by atoms with Crippen LogP contribution in [0.4, 0.5) is 8.78 Å². The minimum absolute atomic E-state index is 0.0534. The van der Waals surface area contributed by atoms with Gasteiger partial charge in [-0.2, -0.15) is 14.0 Å². The number of benzene rings is 1. The molecule has 1 aliphatic rings. The molecule has 0 saturated carbocycles.